The molecule has 0 spiro atoms. The first-order valence-electron chi connectivity index (χ1n) is 3.59. The average molecular weight is 129 g/mol. The van der Waals surface area contributed by atoms with Crippen LogP contribution in [-0.4, -0.2) is 24.8 Å². The van der Waals surface area contributed by atoms with E-state index in [4.69, 9.17) is 4.74 Å². The molecule has 2 nitrogen and oxygen atoms in total. The quantitative estimate of drug-likeness (QED) is 0.521. The van der Waals surface area contributed by atoms with E-state index in [1.54, 1.807) is 0 Å². The maximum absolute atomic E-state index is 5.54. The minimum Gasteiger partial charge on any atom is -0.373 e. The molecule has 2 heteroatoms. The molecule has 1 fully saturated rings. The smallest absolute Gasteiger partial charge is 0.0701 e. The van der Waals surface area contributed by atoms with Gasteiger partial charge in [-0.25, -0.2) is 0 Å². The molecule has 0 aliphatic carbocycles. The van der Waals surface area contributed by atoms with Crippen LogP contribution in [0.5, 0.6) is 0 Å². The third-order valence-electron chi connectivity index (χ3n) is 1.88. The van der Waals surface area contributed by atoms with Gasteiger partial charge in [0.25, 0.3) is 0 Å². The van der Waals surface area contributed by atoms with Gasteiger partial charge < -0.3 is 10.1 Å². The molecule has 0 unspecified atom stereocenters. The first kappa shape index (κ1) is 7.03. The zero-order valence-electron chi connectivity index (χ0n) is 6.35. The van der Waals surface area contributed by atoms with Gasteiger partial charge in [0.1, 0.15) is 0 Å². The summed E-state index contributed by atoms with van der Waals surface area (Å²) in [7, 11) is 0. The minimum absolute atomic E-state index is 0.369. The zero-order valence-corrected chi connectivity index (χ0v) is 6.35. The second-order valence-electron chi connectivity index (χ2n) is 2.85. The highest BCUT2D eigenvalue weighted by Gasteiger charge is 2.20. The van der Waals surface area contributed by atoms with Gasteiger partial charge in [-0.1, -0.05) is 0 Å². The summed E-state index contributed by atoms with van der Waals surface area (Å²) in [5.41, 5.74) is 0. The summed E-state index contributed by atoms with van der Waals surface area (Å²) in [6, 6.07) is 0.515. The number of morpholine rings is 1. The molecule has 1 saturated heterocycles. The predicted octanol–water partition coefficient (Wildman–Crippen LogP) is 0.772. The summed E-state index contributed by atoms with van der Waals surface area (Å²) < 4.78 is 5.54. The Labute approximate surface area is 56.6 Å². The van der Waals surface area contributed by atoms with Gasteiger partial charge in [-0.2, -0.15) is 0 Å². The molecule has 3 atom stereocenters. The molecular formula is C7H15NO. The molecule has 0 aromatic rings. The minimum atomic E-state index is 0.369. The van der Waals surface area contributed by atoms with Crippen LogP contribution in [0.2, 0.25) is 0 Å². The fraction of sp³-hybridized carbons (Fsp3) is 1.00. The largest absolute Gasteiger partial charge is 0.373 e. The summed E-state index contributed by atoms with van der Waals surface area (Å²) in [4.78, 5) is 0. The summed E-state index contributed by atoms with van der Waals surface area (Å²) >= 11 is 0. The second-order valence-corrected chi connectivity index (χ2v) is 2.85. The average Bonchev–Trinajstić information content (AvgIpc) is 1.80. The van der Waals surface area contributed by atoms with Crippen molar-refractivity contribution in [2.24, 2.45) is 0 Å². The van der Waals surface area contributed by atoms with Crippen molar-refractivity contribution in [3.63, 3.8) is 0 Å². The van der Waals surface area contributed by atoms with E-state index in [1.165, 1.54) is 0 Å². The van der Waals surface area contributed by atoms with Gasteiger partial charge in [-0.05, 0) is 20.8 Å². The van der Waals surface area contributed by atoms with Gasteiger partial charge in [-0.3, -0.25) is 0 Å². The SMILES string of the molecule is C[C@H]1CN[C@H](C)[C@@H](C)O1. The Morgan fingerprint density at radius 3 is 2.44 bits per heavy atom. The standard InChI is InChI=1S/C7H15NO/c1-5-4-8-6(2)7(3)9-5/h5-8H,4H2,1-3H3/t5-,6+,7+/m0/s1. The van der Waals surface area contributed by atoms with Crippen molar-refractivity contribution in [1.82, 2.24) is 5.32 Å². The van der Waals surface area contributed by atoms with Crippen LogP contribution in [0.25, 0.3) is 0 Å². The van der Waals surface area contributed by atoms with E-state index in [-0.39, 0.29) is 0 Å². The molecule has 54 valence electrons. The summed E-state index contributed by atoms with van der Waals surface area (Å²) in [5, 5.41) is 3.36. The fourth-order valence-corrected chi connectivity index (χ4v) is 1.05. The van der Waals surface area contributed by atoms with Crippen LogP contribution in [-0.2, 0) is 4.74 Å². The summed E-state index contributed by atoms with van der Waals surface area (Å²) in [6.07, 6.45) is 0.755. The summed E-state index contributed by atoms with van der Waals surface area (Å²) in [5.74, 6) is 0. The lowest BCUT2D eigenvalue weighted by Crippen LogP contribution is -2.48. The van der Waals surface area contributed by atoms with E-state index in [0.717, 1.165) is 6.54 Å². The Kier molecular flexibility index (Phi) is 2.09. The Morgan fingerprint density at radius 1 is 1.33 bits per heavy atom. The normalized spacial score (nSPS) is 45.0. The lowest BCUT2D eigenvalue weighted by Gasteiger charge is -2.31. The van der Waals surface area contributed by atoms with Gasteiger partial charge in [-0.15, -0.1) is 0 Å². The Bertz CT molecular complexity index is 94.9. The van der Waals surface area contributed by atoms with Crippen LogP contribution in [0, 0.1) is 0 Å². The van der Waals surface area contributed by atoms with Crippen LogP contribution in [0.1, 0.15) is 20.8 Å². The van der Waals surface area contributed by atoms with Crippen molar-refractivity contribution >= 4 is 0 Å². The molecule has 9 heavy (non-hydrogen) atoms. The molecule has 0 bridgehead atoms. The molecule has 0 radical (unpaired) electrons. The molecule has 1 heterocycles. The number of hydrogen-bond acceptors (Lipinski definition) is 2. The van der Waals surface area contributed by atoms with E-state index in [0.29, 0.717) is 18.2 Å². The Morgan fingerprint density at radius 2 is 2.00 bits per heavy atom. The molecule has 1 rings (SSSR count). The van der Waals surface area contributed by atoms with Gasteiger partial charge in [0.15, 0.2) is 0 Å². The molecule has 0 amide bonds. The van der Waals surface area contributed by atoms with Gasteiger partial charge >= 0.3 is 0 Å². The van der Waals surface area contributed by atoms with E-state index in [9.17, 15) is 0 Å². The van der Waals surface area contributed by atoms with Crippen LogP contribution >= 0.6 is 0 Å². The van der Waals surface area contributed by atoms with E-state index < -0.39 is 0 Å². The van der Waals surface area contributed by atoms with E-state index in [2.05, 4.69) is 26.1 Å². The highest BCUT2D eigenvalue weighted by Crippen LogP contribution is 2.07. The number of ether oxygens (including phenoxy) is 1. The lowest BCUT2D eigenvalue weighted by atomic mass is 10.1. The highest BCUT2D eigenvalue weighted by molar-refractivity contribution is 4.76. The van der Waals surface area contributed by atoms with Crippen LogP contribution in [0.3, 0.4) is 0 Å². The highest BCUT2D eigenvalue weighted by atomic mass is 16.5. The van der Waals surface area contributed by atoms with Crippen molar-refractivity contribution in [3.8, 4) is 0 Å². The Hall–Kier alpha value is -0.0800. The number of rotatable bonds is 0. The number of hydrogen-bond donors (Lipinski definition) is 1. The molecule has 1 aliphatic rings. The molecule has 0 saturated carbocycles. The molecule has 0 aromatic carbocycles. The predicted molar refractivity (Wildman–Crippen MR) is 37.5 cm³/mol. The van der Waals surface area contributed by atoms with Crippen molar-refractivity contribution < 1.29 is 4.74 Å². The third-order valence-corrected chi connectivity index (χ3v) is 1.88. The van der Waals surface area contributed by atoms with Crippen LogP contribution in [0.4, 0.5) is 0 Å². The maximum Gasteiger partial charge on any atom is 0.0701 e. The Balaban J connectivity index is 2.35. The van der Waals surface area contributed by atoms with Gasteiger partial charge in [0, 0.05) is 12.6 Å². The molecule has 1 aliphatic heterocycles. The van der Waals surface area contributed by atoms with Crippen molar-refractivity contribution in [2.45, 2.75) is 39.0 Å². The molecule has 0 aromatic heterocycles. The second kappa shape index (κ2) is 2.67. The molecule has 1 N–H and O–H groups in total. The summed E-state index contributed by atoms with van der Waals surface area (Å²) in [6.45, 7) is 7.34. The van der Waals surface area contributed by atoms with Gasteiger partial charge in [0.05, 0.1) is 12.2 Å². The monoisotopic (exact) mass is 129 g/mol. The zero-order chi connectivity index (χ0) is 6.85. The van der Waals surface area contributed by atoms with Crippen LogP contribution < -0.4 is 5.32 Å². The van der Waals surface area contributed by atoms with Gasteiger partial charge in [0.2, 0.25) is 0 Å². The van der Waals surface area contributed by atoms with Crippen LogP contribution in [0.15, 0.2) is 0 Å². The number of nitrogens with one attached hydrogen (secondary N) is 1. The molecular weight excluding hydrogens is 114 g/mol. The first-order valence-corrected chi connectivity index (χ1v) is 3.59. The van der Waals surface area contributed by atoms with Crippen molar-refractivity contribution in [3.05, 3.63) is 0 Å². The first-order chi connectivity index (χ1) is 4.20. The topological polar surface area (TPSA) is 21.3 Å². The van der Waals surface area contributed by atoms with E-state index in [1.807, 2.05) is 0 Å². The fourth-order valence-electron chi connectivity index (χ4n) is 1.05. The van der Waals surface area contributed by atoms with Crippen molar-refractivity contribution in [1.29, 1.82) is 0 Å². The maximum atomic E-state index is 5.54. The van der Waals surface area contributed by atoms with Crippen molar-refractivity contribution in [2.75, 3.05) is 6.54 Å². The van der Waals surface area contributed by atoms with E-state index >= 15 is 0 Å². The third kappa shape index (κ3) is 1.66. The lowest BCUT2D eigenvalue weighted by molar-refractivity contribution is -0.0395.